The first-order valence-corrected chi connectivity index (χ1v) is 12.7. The van der Waals surface area contributed by atoms with E-state index >= 15 is 0 Å². The highest BCUT2D eigenvalue weighted by Crippen LogP contribution is 2.38. The maximum atomic E-state index is 13.3. The molecule has 0 unspecified atom stereocenters. The molecule has 0 saturated heterocycles. The zero-order valence-corrected chi connectivity index (χ0v) is 22.4. The van der Waals surface area contributed by atoms with Crippen molar-refractivity contribution in [2.75, 3.05) is 12.4 Å². The normalized spacial score (nSPS) is 16.8. The topological polar surface area (TPSA) is 123 Å². The van der Waals surface area contributed by atoms with Crippen LogP contribution in [-0.4, -0.2) is 42.9 Å². The summed E-state index contributed by atoms with van der Waals surface area (Å²) in [5.74, 6) is -4.74. The fourth-order valence-electron chi connectivity index (χ4n) is 4.38. The van der Waals surface area contributed by atoms with Crippen molar-refractivity contribution in [1.82, 2.24) is 5.32 Å². The molecule has 8 nitrogen and oxygen atoms in total. The number of primary amides is 1. The van der Waals surface area contributed by atoms with Gasteiger partial charge in [-0.1, -0.05) is 43.7 Å². The fourth-order valence-corrected chi connectivity index (χ4v) is 4.87. The van der Waals surface area contributed by atoms with Crippen LogP contribution in [0.15, 0.2) is 51.9 Å². The minimum Gasteiger partial charge on any atom is -0.493 e. The molecule has 3 atom stereocenters. The van der Waals surface area contributed by atoms with Crippen molar-refractivity contribution in [2.24, 2.45) is 22.6 Å². The first-order valence-electron chi connectivity index (χ1n) is 11.9. The predicted molar refractivity (Wildman–Crippen MR) is 140 cm³/mol. The van der Waals surface area contributed by atoms with Crippen LogP contribution in [0.1, 0.15) is 43.7 Å². The Balaban J connectivity index is 2.04. The van der Waals surface area contributed by atoms with Crippen LogP contribution in [0.4, 0.5) is 18.9 Å². The molecule has 0 fully saturated rings. The monoisotopic (exact) mass is 596 g/mol. The number of amides is 3. The Morgan fingerprint density at radius 2 is 1.84 bits per heavy atom. The highest BCUT2D eigenvalue weighted by atomic mass is 79.9. The van der Waals surface area contributed by atoms with Crippen LogP contribution < -0.4 is 21.1 Å². The number of aliphatic imine (C=N–C) groups is 1. The highest BCUT2D eigenvalue weighted by molar-refractivity contribution is 9.10. The molecule has 0 bridgehead atoms. The van der Waals surface area contributed by atoms with Gasteiger partial charge in [-0.15, -0.1) is 0 Å². The third-order valence-corrected chi connectivity index (χ3v) is 6.80. The lowest BCUT2D eigenvalue weighted by molar-refractivity contribution is -0.146. The number of hydrogen-bond acceptors (Lipinski definition) is 5. The number of nitrogens with two attached hydrogens (primary N) is 1. The average Bonchev–Trinajstić information content (AvgIpc) is 2.99. The zero-order valence-electron chi connectivity index (χ0n) is 20.8. The van der Waals surface area contributed by atoms with Crippen molar-refractivity contribution in [2.45, 2.75) is 44.9 Å². The summed E-state index contributed by atoms with van der Waals surface area (Å²) >= 11 is 3.39. The van der Waals surface area contributed by atoms with Gasteiger partial charge in [-0.05, 0) is 40.9 Å². The molecule has 2 aromatic carbocycles. The van der Waals surface area contributed by atoms with E-state index in [2.05, 4.69) is 31.6 Å². The molecule has 204 valence electrons. The van der Waals surface area contributed by atoms with Gasteiger partial charge in [0.25, 0.3) is 5.91 Å². The summed E-state index contributed by atoms with van der Waals surface area (Å²) in [6.07, 6.45) is -7.45. The second-order valence-electron chi connectivity index (χ2n) is 8.81. The zero-order chi connectivity index (χ0) is 28.0. The number of carbonyl (C=O) groups excluding carboxylic acids is 3. The number of hydrogen-bond donors (Lipinski definition) is 3. The molecule has 3 rings (SSSR count). The van der Waals surface area contributed by atoms with Crippen LogP contribution in [0.25, 0.3) is 0 Å². The van der Waals surface area contributed by atoms with Crippen LogP contribution in [0.3, 0.4) is 0 Å². The third-order valence-electron chi connectivity index (χ3n) is 6.18. The Morgan fingerprint density at radius 3 is 2.42 bits per heavy atom. The molecule has 1 heterocycles. The molecular weight excluding hydrogens is 569 g/mol. The van der Waals surface area contributed by atoms with E-state index in [1.807, 2.05) is 0 Å². The van der Waals surface area contributed by atoms with E-state index in [0.29, 0.717) is 39.2 Å². The van der Waals surface area contributed by atoms with Gasteiger partial charge in [0.15, 0.2) is 5.75 Å². The maximum Gasteiger partial charge on any atom is 0.389 e. The van der Waals surface area contributed by atoms with Gasteiger partial charge in [0.2, 0.25) is 18.0 Å². The lowest BCUT2D eigenvalue weighted by atomic mass is 9.83. The Bertz CT molecular complexity index is 1220. The van der Waals surface area contributed by atoms with Crippen molar-refractivity contribution < 1.29 is 32.3 Å². The number of anilines is 1. The molecule has 38 heavy (non-hydrogen) atoms. The Morgan fingerprint density at radius 1 is 1.16 bits per heavy atom. The van der Waals surface area contributed by atoms with Crippen LogP contribution in [0, 0.1) is 11.8 Å². The number of rotatable bonds is 10. The van der Waals surface area contributed by atoms with E-state index in [1.54, 1.807) is 49.4 Å². The Kier molecular flexibility index (Phi) is 9.53. The summed E-state index contributed by atoms with van der Waals surface area (Å²) in [4.78, 5) is 43.2. The van der Waals surface area contributed by atoms with Gasteiger partial charge >= 0.3 is 6.18 Å². The van der Waals surface area contributed by atoms with E-state index in [1.165, 1.54) is 7.11 Å². The standard InChI is InChI=1S/C26H28BrF3N4O4/c1-3-7-15(22(31)35)16(12-13-26(28,29)30)24(36)34-23-25(37)33-20-17(10-11-18(27)21(20)38-2)19(32-23)14-8-5-4-6-9-14/h4-6,8-11,15-16,23H,3,7,12-13H2,1-2H3,(H2,31,35)(H,33,37)(H,34,36)/t15-,16+,23+/m0/s1. The van der Waals surface area contributed by atoms with E-state index in [-0.39, 0.29) is 6.42 Å². The molecule has 0 aromatic heterocycles. The predicted octanol–water partition coefficient (Wildman–Crippen LogP) is 4.55. The molecule has 0 spiro atoms. The van der Waals surface area contributed by atoms with Crippen molar-refractivity contribution in [3.63, 3.8) is 0 Å². The molecule has 0 radical (unpaired) electrons. The number of methoxy groups -OCH3 is 1. The van der Waals surface area contributed by atoms with Crippen LogP contribution in [0.5, 0.6) is 5.75 Å². The smallest absolute Gasteiger partial charge is 0.389 e. The van der Waals surface area contributed by atoms with Crippen molar-refractivity contribution >= 4 is 45.1 Å². The second-order valence-corrected chi connectivity index (χ2v) is 9.66. The van der Waals surface area contributed by atoms with Crippen LogP contribution >= 0.6 is 15.9 Å². The van der Waals surface area contributed by atoms with Gasteiger partial charge in [-0.3, -0.25) is 14.4 Å². The van der Waals surface area contributed by atoms with Crippen molar-refractivity contribution in [3.8, 4) is 5.75 Å². The summed E-state index contributed by atoms with van der Waals surface area (Å²) in [5.41, 5.74) is 7.26. The van der Waals surface area contributed by atoms with E-state index in [9.17, 15) is 27.6 Å². The van der Waals surface area contributed by atoms with Crippen LogP contribution in [-0.2, 0) is 14.4 Å². The Labute approximate surface area is 226 Å². The number of fused-ring (bicyclic) bond motifs is 1. The highest BCUT2D eigenvalue weighted by Gasteiger charge is 2.38. The molecule has 0 aliphatic carbocycles. The molecular formula is C26H28BrF3N4O4. The van der Waals surface area contributed by atoms with Gasteiger partial charge in [0.05, 0.1) is 23.0 Å². The van der Waals surface area contributed by atoms with Crippen LogP contribution in [0.2, 0.25) is 0 Å². The molecule has 3 amide bonds. The first-order chi connectivity index (χ1) is 18.0. The summed E-state index contributed by atoms with van der Waals surface area (Å²) in [7, 11) is 1.43. The molecule has 12 heteroatoms. The third kappa shape index (κ3) is 6.91. The molecule has 1 aliphatic rings. The molecule has 0 saturated carbocycles. The quantitative estimate of drug-likeness (QED) is 0.372. The summed E-state index contributed by atoms with van der Waals surface area (Å²) in [5, 5.41) is 5.17. The van der Waals surface area contributed by atoms with Gasteiger partial charge in [0.1, 0.15) is 0 Å². The van der Waals surface area contributed by atoms with E-state index < -0.39 is 54.7 Å². The first kappa shape index (κ1) is 29.2. The molecule has 4 N–H and O–H groups in total. The van der Waals surface area contributed by atoms with E-state index in [4.69, 9.17) is 10.5 Å². The lowest BCUT2D eigenvalue weighted by Gasteiger charge is -2.25. The molecule has 2 aromatic rings. The summed E-state index contributed by atoms with van der Waals surface area (Å²) in [6, 6.07) is 12.3. The second kappa shape index (κ2) is 12.4. The van der Waals surface area contributed by atoms with Crippen molar-refractivity contribution in [3.05, 3.63) is 58.1 Å². The number of nitrogens with zero attached hydrogens (tertiary/aromatic N) is 1. The van der Waals surface area contributed by atoms with Crippen molar-refractivity contribution in [1.29, 1.82) is 0 Å². The Hall–Kier alpha value is -3.41. The summed E-state index contributed by atoms with van der Waals surface area (Å²) < 4.78 is 45.2. The van der Waals surface area contributed by atoms with Gasteiger partial charge in [-0.2, -0.15) is 13.2 Å². The largest absolute Gasteiger partial charge is 0.493 e. The SMILES string of the molecule is CCC[C@H](C(N)=O)[C@@H](CCC(F)(F)F)C(=O)N[C@H]1N=C(c2ccccc2)c2ccc(Br)c(OC)c2NC1=O. The van der Waals surface area contributed by atoms with Gasteiger partial charge in [0, 0.05) is 29.4 Å². The molecule has 1 aliphatic heterocycles. The minimum atomic E-state index is -4.54. The number of benzodiazepines with no additional fused rings is 1. The lowest BCUT2D eigenvalue weighted by Crippen LogP contribution is -2.48. The van der Waals surface area contributed by atoms with Gasteiger partial charge in [-0.25, -0.2) is 4.99 Å². The minimum absolute atomic E-state index is 0.122. The number of carbonyl (C=O) groups is 3. The number of halogens is 4. The number of alkyl halides is 3. The summed E-state index contributed by atoms with van der Waals surface area (Å²) in [6.45, 7) is 1.73. The number of ether oxygens (including phenoxy) is 1. The van der Waals surface area contributed by atoms with Gasteiger partial charge < -0.3 is 21.1 Å². The number of nitrogens with one attached hydrogen (secondary N) is 2. The number of benzene rings is 2. The average molecular weight is 597 g/mol. The fraction of sp³-hybridized carbons (Fsp3) is 0.385. The maximum absolute atomic E-state index is 13.3. The van der Waals surface area contributed by atoms with E-state index in [0.717, 1.165) is 0 Å².